The molecule has 3 aromatic carbocycles. The molecule has 0 aliphatic carbocycles. The van der Waals surface area contributed by atoms with Gasteiger partial charge in [0.15, 0.2) is 0 Å². The Bertz CT molecular complexity index is 1050. The molecule has 0 bridgehead atoms. The number of carbonyl (C=O) groups is 1. The molecule has 1 aliphatic rings. The fourth-order valence-corrected chi connectivity index (χ4v) is 3.42. The van der Waals surface area contributed by atoms with Crippen LogP contribution in [0.2, 0.25) is 0 Å². The van der Waals surface area contributed by atoms with Gasteiger partial charge in [0.25, 0.3) is 5.91 Å². The second-order valence-corrected chi connectivity index (χ2v) is 6.84. The lowest BCUT2D eigenvalue weighted by Gasteiger charge is -2.29. The van der Waals surface area contributed by atoms with E-state index in [9.17, 15) is 10.1 Å². The molecule has 1 saturated heterocycles. The van der Waals surface area contributed by atoms with Crippen molar-refractivity contribution in [3.63, 3.8) is 0 Å². The van der Waals surface area contributed by atoms with Gasteiger partial charge in [0, 0.05) is 24.3 Å². The Morgan fingerprint density at radius 3 is 2.48 bits per heavy atom. The minimum absolute atomic E-state index is 0.234. The summed E-state index contributed by atoms with van der Waals surface area (Å²) in [5.41, 5.74) is 4.48. The van der Waals surface area contributed by atoms with E-state index in [4.69, 9.17) is 4.74 Å². The number of carbonyl (C=O) groups excluding carboxylic acids is 1. The van der Waals surface area contributed by atoms with E-state index in [0.29, 0.717) is 30.0 Å². The van der Waals surface area contributed by atoms with Gasteiger partial charge >= 0.3 is 0 Å². The summed E-state index contributed by atoms with van der Waals surface area (Å²) in [4.78, 5) is 15.1. The average molecular weight is 383 g/mol. The van der Waals surface area contributed by atoms with Crippen LogP contribution < -0.4 is 10.2 Å². The van der Waals surface area contributed by atoms with Crippen LogP contribution in [0.3, 0.4) is 0 Å². The molecule has 4 rings (SSSR count). The zero-order chi connectivity index (χ0) is 20.1. The third-order valence-corrected chi connectivity index (χ3v) is 4.98. The predicted molar refractivity (Wildman–Crippen MR) is 114 cm³/mol. The van der Waals surface area contributed by atoms with E-state index in [-0.39, 0.29) is 5.91 Å². The topological polar surface area (TPSA) is 65.4 Å². The van der Waals surface area contributed by atoms with Crippen LogP contribution in [-0.4, -0.2) is 32.2 Å². The number of hydrogen-bond acceptors (Lipinski definition) is 4. The zero-order valence-electron chi connectivity index (χ0n) is 16.0. The van der Waals surface area contributed by atoms with Gasteiger partial charge in [-0.05, 0) is 41.5 Å². The average Bonchev–Trinajstić information content (AvgIpc) is 2.80. The maximum atomic E-state index is 12.9. The molecule has 1 heterocycles. The van der Waals surface area contributed by atoms with E-state index in [1.165, 1.54) is 0 Å². The van der Waals surface area contributed by atoms with Crippen LogP contribution in [0.5, 0.6) is 0 Å². The largest absolute Gasteiger partial charge is 0.378 e. The quantitative estimate of drug-likeness (QED) is 0.729. The molecule has 144 valence electrons. The summed E-state index contributed by atoms with van der Waals surface area (Å²) in [6.45, 7) is 2.99. The van der Waals surface area contributed by atoms with Gasteiger partial charge in [-0.15, -0.1) is 0 Å². The highest BCUT2D eigenvalue weighted by Gasteiger charge is 2.15. The van der Waals surface area contributed by atoms with Gasteiger partial charge in [-0.25, -0.2) is 0 Å². The van der Waals surface area contributed by atoms with Gasteiger partial charge < -0.3 is 15.0 Å². The van der Waals surface area contributed by atoms with E-state index >= 15 is 0 Å². The van der Waals surface area contributed by atoms with Crippen LogP contribution >= 0.6 is 0 Å². The fourth-order valence-electron chi connectivity index (χ4n) is 3.42. The molecule has 29 heavy (non-hydrogen) atoms. The summed E-state index contributed by atoms with van der Waals surface area (Å²) < 4.78 is 5.40. The minimum Gasteiger partial charge on any atom is -0.378 e. The number of nitrogens with one attached hydrogen (secondary N) is 1. The van der Waals surface area contributed by atoms with Gasteiger partial charge in [0.05, 0.1) is 24.5 Å². The van der Waals surface area contributed by atoms with Crippen molar-refractivity contribution in [3.8, 4) is 17.2 Å². The second-order valence-electron chi connectivity index (χ2n) is 6.84. The molecule has 0 atom stereocenters. The highest BCUT2D eigenvalue weighted by atomic mass is 16.5. The lowest BCUT2D eigenvalue weighted by molar-refractivity contribution is 0.102. The van der Waals surface area contributed by atoms with E-state index in [1.807, 2.05) is 60.7 Å². The third-order valence-electron chi connectivity index (χ3n) is 4.98. The molecule has 1 N–H and O–H groups in total. The lowest BCUT2D eigenvalue weighted by Crippen LogP contribution is -2.36. The van der Waals surface area contributed by atoms with Crippen molar-refractivity contribution in [2.45, 2.75) is 0 Å². The van der Waals surface area contributed by atoms with Crippen molar-refractivity contribution in [1.82, 2.24) is 0 Å². The Morgan fingerprint density at radius 2 is 1.72 bits per heavy atom. The minimum atomic E-state index is -0.234. The molecule has 0 saturated carbocycles. The summed E-state index contributed by atoms with van der Waals surface area (Å²) in [7, 11) is 0. The Labute approximate surface area is 170 Å². The fraction of sp³-hybridized carbons (Fsp3) is 0.167. The van der Waals surface area contributed by atoms with E-state index < -0.39 is 0 Å². The van der Waals surface area contributed by atoms with Crippen LogP contribution in [0.25, 0.3) is 11.1 Å². The molecule has 1 amide bonds. The van der Waals surface area contributed by atoms with Crippen molar-refractivity contribution in [2.75, 3.05) is 36.5 Å². The first-order valence-electron chi connectivity index (χ1n) is 9.58. The first kappa shape index (κ1) is 18.7. The molecule has 5 heteroatoms. The van der Waals surface area contributed by atoms with Crippen molar-refractivity contribution >= 4 is 17.3 Å². The maximum absolute atomic E-state index is 12.9. The Balaban J connectivity index is 1.59. The standard InChI is InChI=1S/C24H21N3O2/c25-17-21-10-9-19(18-5-2-1-3-6-18)16-23(21)26-24(28)20-7-4-8-22(15-20)27-11-13-29-14-12-27/h1-10,15-16H,11-14H2,(H,26,28). The van der Waals surface area contributed by atoms with Crippen LogP contribution in [-0.2, 0) is 4.74 Å². The number of nitrogens with zero attached hydrogens (tertiary/aromatic N) is 2. The first-order valence-corrected chi connectivity index (χ1v) is 9.58. The number of benzene rings is 3. The van der Waals surface area contributed by atoms with E-state index in [2.05, 4.69) is 16.3 Å². The number of hydrogen-bond donors (Lipinski definition) is 1. The van der Waals surface area contributed by atoms with Crippen LogP contribution in [0.1, 0.15) is 15.9 Å². The third kappa shape index (κ3) is 4.29. The monoisotopic (exact) mass is 383 g/mol. The van der Waals surface area contributed by atoms with Gasteiger partial charge in [0.1, 0.15) is 6.07 Å². The van der Waals surface area contributed by atoms with Gasteiger partial charge in [0.2, 0.25) is 0 Å². The molecule has 0 unspecified atom stereocenters. The molecular formula is C24H21N3O2. The molecule has 5 nitrogen and oxygen atoms in total. The molecule has 0 spiro atoms. The van der Waals surface area contributed by atoms with E-state index in [0.717, 1.165) is 29.9 Å². The molecule has 0 radical (unpaired) electrons. The summed E-state index contributed by atoms with van der Waals surface area (Å²) in [5, 5.41) is 12.4. The van der Waals surface area contributed by atoms with Gasteiger partial charge in [-0.1, -0.05) is 42.5 Å². The summed E-state index contributed by atoms with van der Waals surface area (Å²) >= 11 is 0. The predicted octanol–water partition coefficient (Wildman–Crippen LogP) is 4.31. The van der Waals surface area contributed by atoms with Crippen molar-refractivity contribution in [3.05, 3.63) is 83.9 Å². The van der Waals surface area contributed by atoms with Crippen molar-refractivity contribution in [1.29, 1.82) is 5.26 Å². The number of morpholine rings is 1. The SMILES string of the molecule is N#Cc1ccc(-c2ccccc2)cc1NC(=O)c1cccc(N2CCOCC2)c1. The van der Waals surface area contributed by atoms with Crippen LogP contribution in [0.15, 0.2) is 72.8 Å². The summed E-state index contributed by atoms with van der Waals surface area (Å²) in [5.74, 6) is -0.234. The van der Waals surface area contributed by atoms with Gasteiger partial charge in [-0.3, -0.25) is 4.79 Å². The molecule has 1 aliphatic heterocycles. The zero-order valence-corrected chi connectivity index (χ0v) is 16.0. The maximum Gasteiger partial charge on any atom is 0.255 e. The number of ether oxygens (including phenoxy) is 1. The van der Waals surface area contributed by atoms with Crippen LogP contribution in [0, 0.1) is 11.3 Å². The molecule has 1 fully saturated rings. The normalized spacial score (nSPS) is 13.6. The van der Waals surface area contributed by atoms with Gasteiger partial charge in [-0.2, -0.15) is 5.26 Å². The Kier molecular flexibility index (Phi) is 5.55. The number of rotatable bonds is 4. The highest BCUT2D eigenvalue weighted by molar-refractivity contribution is 6.05. The van der Waals surface area contributed by atoms with E-state index in [1.54, 1.807) is 12.1 Å². The number of anilines is 2. The Morgan fingerprint density at radius 1 is 0.931 bits per heavy atom. The first-order chi connectivity index (χ1) is 14.2. The van der Waals surface area contributed by atoms with Crippen molar-refractivity contribution < 1.29 is 9.53 Å². The van der Waals surface area contributed by atoms with Crippen molar-refractivity contribution in [2.24, 2.45) is 0 Å². The molecular weight excluding hydrogens is 362 g/mol. The number of amides is 1. The second kappa shape index (κ2) is 8.59. The van der Waals surface area contributed by atoms with Crippen LogP contribution in [0.4, 0.5) is 11.4 Å². The lowest BCUT2D eigenvalue weighted by atomic mass is 10.0. The number of nitriles is 1. The summed E-state index contributed by atoms with van der Waals surface area (Å²) in [6, 6.07) is 25.1. The summed E-state index contributed by atoms with van der Waals surface area (Å²) in [6.07, 6.45) is 0. The highest BCUT2D eigenvalue weighted by Crippen LogP contribution is 2.26. The molecule has 0 aromatic heterocycles. The molecule has 3 aromatic rings. The Hall–Kier alpha value is -3.62. The smallest absolute Gasteiger partial charge is 0.255 e.